The van der Waals surface area contributed by atoms with Crippen molar-refractivity contribution < 1.29 is 4.39 Å². The number of nitrogens with zero attached hydrogens (tertiary/aromatic N) is 1. The van der Waals surface area contributed by atoms with Gasteiger partial charge in [-0.15, -0.1) is 11.3 Å². The summed E-state index contributed by atoms with van der Waals surface area (Å²) in [6.45, 7) is 3.35. The van der Waals surface area contributed by atoms with Crippen molar-refractivity contribution in [2.45, 2.75) is 20.0 Å². The molecule has 0 spiro atoms. The van der Waals surface area contributed by atoms with Crippen LogP contribution in [-0.4, -0.2) is 4.98 Å². The molecule has 20 heavy (non-hydrogen) atoms. The van der Waals surface area contributed by atoms with Crippen LogP contribution < -0.4 is 5.32 Å². The molecule has 0 atom stereocenters. The number of nitrogens with one attached hydrogen (secondary N) is 1. The molecule has 102 valence electrons. The first-order chi connectivity index (χ1) is 9.72. The van der Waals surface area contributed by atoms with Crippen LogP contribution in [0.4, 0.5) is 4.39 Å². The Hall–Kier alpha value is -1.78. The fraction of sp³-hybridized carbons (Fsp3) is 0.188. The second-order valence-electron chi connectivity index (χ2n) is 4.75. The molecule has 3 aromatic rings. The molecule has 0 aliphatic carbocycles. The average molecular weight is 286 g/mol. The van der Waals surface area contributed by atoms with Crippen LogP contribution >= 0.6 is 11.3 Å². The molecular formula is C16H15FN2S. The first-order valence-corrected chi connectivity index (χ1v) is 7.34. The SMILES string of the molecule is Cc1ccc(F)cc1CNCc1nc2ccccc2s1. The Morgan fingerprint density at radius 3 is 2.85 bits per heavy atom. The standard InChI is InChI=1S/C16H15FN2S/c1-11-6-7-13(17)8-12(11)9-18-10-16-19-14-4-2-3-5-15(14)20-16/h2-8,18H,9-10H2,1H3. The molecule has 3 rings (SSSR count). The zero-order chi connectivity index (χ0) is 13.9. The molecule has 0 saturated heterocycles. The van der Waals surface area contributed by atoms with Gasteiger partial charge in [-0.3, -0.25) is 0 Å². The van der Waals surface area contributed by atoms with Gasteiger partial charge in [-0.1, -0.05) is 18.2 Å². The second-order valence-corrected chi connectivity index (χ2v) is 5.86. The number of aromatic nitrogens is 1. The summed E-state index contributed by atoms with van der Waals surface area (Å²) in [5, 5.41) is 4.38. The van der Waals surface area contributed by atoms with E-state index in [9.17, 15) is 4.39 Å². The van der Waals surface area contributed by atoms with E-state index in [2.05, 4.69) is 16.4 Å². The molecule has 0 saturated carbocycles. The summed E-state index contributed by atoms with van der Waals surface area (Å²) in [6.07, 6.45) is 0. The van der Waals surface area contributed by atoms with E-state index in [1.54, 1.807) is 17.4 Å². The Balaban J connectivity index is 1.66. The molecule has 1 heterocycles. The number of rotatable bonds is 4. The largest absolute Gasteiger partial charge is 0.306 e. The number of hydrogen-bond acceptors (Lipinski definition) is 3. The van der Waals surface area contributed by atoms with Gasteiger partial charge in [-0.25, -0.2) is 9.37 Å². The van der Waals surface area contributed by atoms with Crippen LogP contribution in [0.1, 0.15) is 16.1 Å². The van der Waals surface area contributed by atoms with Gasteiger partial charge in [0.15, 0.2) is 0 Å². The summed E-state index contributed by atoms with van der Waals surface area (Å²) in [7, 11) is 0. The van der Waals surface area contributed by atoms with Crippen molar-refractivity contribution in [2.75, 3.05) is 0 Å². The van der Waals surface area contributed by atoms with Gasteiger partial charge in [0.25, 0.3) is 0 Å². The zero-order valence-electron chi connectivity index (χ0n) is 11.2. The van der Waals surface area contributed by atoms with Crippen molar-refractivity contribution in [3.63, 3.8) is 0 Å². The van der Waals surface area contributed by atoms with E-state index in [4.69, 9.17) is 0 Å². The highest BCUT2D eigenvalue weighted by molar-refractivity contribution is 7.18. The molecule has 2 aromatic carbocycles. The molecule has 0 fully saturated rings. The van der Waals surface area contributed by atoms with Crippen molar-refractivity contribution in [2.24, 2.45) is 0 Å². The van der Waals surface area contributed by atoms with Crippen LogP contribution in [0.2, 0.25) is 0 Å². The Bertz CT molecular complexity index is 703. The maximum atomic E-state index is 13.2. The minimum absolute atomic E-state index is 0.188. The monoisotopic (exact) mass is 286 g/mol. The van der Waals surface area contributed by atoms with Crippen molar-refractivity contribution in [3.05, 3.63) is 64.4 Å². The van der Waals surface area contributed by atoms with E-state index in [1.807, 2.05) is 31.2 Å². The summed E-state index contributed by atoms with van der Waals surface area (Å²) < 4.78 is 14.4. The zero-order valence-corrected chi connectivity index (χ0v) is 12.0. The van der Waals surface area contributed by atoms with E-state index in [0.29, 0.717) is 13.1 Å². The minimum Gasteiger partial charge on any atom is -0.306 e. The molecule has 0 bridgehead atoms. The number of benzene rings is 2. The van der Waals surface area contributed by atoms with Gasteiger partial charge in [0.2, 0.25) is 0 Å². The summed E-state index contributed by atoms with van der Waals surface area (Å²) in [5.74, 6) is -0.188. The third-order valence-corrected chi connectivity index (χ3v) is 4.28. The molecule has 1 N–H and O–H groups in total. The lowest BCUT2D eigenvalue weighted by atomic mass is 10.1. The number of fused-ring (bicyclic) bond motifs is 1. The summed E-state index contributed by atoms with van der Waals surface area (Å²) in [6, 6.07) is 13.0. The number of aryl methyl sites for hydroxylation is 1. The van der Waals surface area contributed by atoms with Gasteiger partial charge in [-0.2, -0.15) is 0 Å². The van der Waals surface area contributed by atoms with Gasteiger partial charge in [0.1, 0.15) is 10.8 Å². The van der Waals surface area contributed by atoms with E-state index in [0.717, 1.165) is 21.7 Å². The van der Waals surface area contributed by atoms with E-state index in [-0.39, 0.29) is 5.82 Å². The van der Waals surface area contributed by atoms with E-state index >= 15 is 0 Å². The van der Waals surface area contributed by atoms with Crippen LogP contribution in [0.5, 0.6) is 0 Å². The van der Waals surface area contributed by atoms with Crippen LogP contribution in [0.3, 0.4) is 0 Å². The molecule has 0 aliphatic heterocycles. The van der Waals surface area contributed by atoms with Gasteiger partial charge < -0.3 is 5.32 Å². The van der Waals surface area contributed by atoms with Gasteiger partial charge in [0.05, 0.1) is 10.2 Å². The van der Waals surface area contributed by atoms with Crippen molar-refractivity contribution in [1.29, 1.82) is 0 Å². The number of halogens is 1. The second kappa shape index (κ2) is 5.69. The van der Waals surface area contributed by atoms with E-state index < -0.39 is 0 Å². The maximum absolute atomic E-state index is 13.2. The fourth-order valence-corrected chi connectivity index (χ4v) is 3.07. The number of thiazole rings is 1. The van der Waals surface area contributed by atoms with Gasteiger partial charge in [-0.05, 0) is 42.3 Å². The quantitative estimate of drug-likeness (QED) is 0.783. The molecular weight excluding hydrogens is 271 g/mol. The molecule has 1 aromatic heterocycles. The highest BCUT2D eigenvalue weighted by atomic mass is 32.1. The molecule has 0 amide bonds. The van der Waals surface area contributed by atoms with Crippen LogP contribution in [0.25, 0.3) is 10.2 Å². The first kappa shape index (κ1) is 13.2. The van der Waals surface area contributed by atoms with Gasteiger partial charge >= 0.3 is 0 Å². The summed E-state index contributed by atoms with van der Waals surface area (Å²) in [5.41, 5.74) is 3.13. The normalized spacial score (nSPS) is 11.1. The highest BCUT2D eigenvalue weighted by Crippen LogP contribution is 2.21. The maximum Gasteiger partial charge on any atom is 0.123 e. The molecule has 0 aliphatic rings. The van der Waals surface area contributed by atoms with Crippen molar-refractivity contribution in [1.82, 2.24) is 10.3 Å². The van der Waals surface area contributed by atoms with E-state index in [1.165, 1.54) is 10.8 Å². The topological polar surface area (TPSA) is 24.9 Å². The third-order valence-electron chi connectivity index (χ3n) is 3.24. The first-order valence-electron chi connectivity index (χ1n) is 6.52. The number of para-hydroxylation sites is 1. The Kier molecular flexibility index (Phi) is 3.76. The summed E-state index contributed by atoms with van der Waals surface area (Å²) in [4.78, 5) is 4.57. The predicted molar refractivity (Wildman–Crippen MR) is 81.3 cm³/mol. The predicted octanol–water partition coefficient (Wildman–Crippen LogP) is 4.03. The third kappa shape index (κ3) is 2.86. The Morgan fingerprint density at radius 1 is 1.15 bits per heavy atom. The lowest BCUT2D eigenvalue weighted by Gasteiger charge is -2.06. The average Bonchev–Trinajstić information content (AvgIpc) is 2.85. The lowest BCUT2D eigenvalue weighted by molar-refractivity contribution is 0.619. The fourth-order valence-electron chi connectivity index (χ4n) is 2.13. The minimum atomic E-state index is -0.188. The van der Waals surface area contributed by atoms with Crippen molar-refractivity contribution in [3.8, 4) is 0 Å². The number of hydrogen-bond donors (Lipinski definition) is 1. The lowest BCUT2D eigenvalue weighted by Crippen LogP contribution is -2.13. The highest BCUT2D eigenvalue weighted by Gasteiger charge is 2.04. The van der Waals surface area contributed by atoms with Crippen LogP contribution in [0.15, 0.2) is 42.5 Å². The summed E-state index contributed by atoms with van der Waals surface area (Å²) >= 11 is 1.69. The van der Waals surface area contributed by atoms with Crippen LogP contribution in [-0.2, 0) is 13.1 Å². The smallest absolute Gasteiger partial charge is 0.123 e. The van der Waals surface area contributed by atoms with Crippen molar-refractivity contribution >= 4 is 21.6 Å². The molecule has 0 radical (unpaired) electrons. The Labute approximate surface area is 121 Å². The molecule has 0 unspecified atom stereocenters. The Morgan fingerprint density at radius 2 is 2.00 bits per heavy atom. The van der Waals surface area contributed by atoms with Crippen LogP contribution in [0, 0.1) is 12.7 Å². The molecule has 4 heteroatoms. The molecule has 2 nitrogen and oxygen atoms in total. The van der Waals surface area contributed by atoms with Gasteiger partial charge in [0, 0.05) is 13.1 Å².